The first kappa shape index (κ1) is 21.0. The third-order valence-electron chi connectivity index (χ3n) is 3.06. The molecule has 0 aromatic heterocycles. The maximum atomic E-state index is 13.0. The fourth-order valence-corrected chi connectivity index (χ4v) is 2.48. The number of benzene rings is 1. The van der Waals surface area contributed by atoms with Gasteiger partial charge in [0.1, 0.15) is 11.9 Å². The van der Waals surface area contributed by atoms with E-state index < -0.39 is 35.9 Å². The summed E-state index contributed by atoms with van der Waals surface area (Å²) in [6.45, 7) is 1.36. The number of esters is 1. The van der Waals surface area contributed by atoms with Crippen molar-refractivity contribution in [3.8, 4) is 0 Å². The van der Waals surface area contributed by atoms with E-state index in [1.807, 2.05) is 6.26 Å². The Morgan fingerprint density at radius 1 is 1.40 bits per heavy atom. The normalized spacial score (nSPS) is 12.8. The highest BCUT2D eigenvalue weighted by Crippen LogP contribution is 2.22. The van der Waals surface area contributed by atoms with Gasteiger partial charge in [0.05, 0.1) is 10.7 Å². The highest BCUT2D eigenvalue weighted by Gasteiger charge is 2.26. The molecule has 0 saturated heterocycles. The number of nitrogens with two attached hydrogens (primary N) is 1. The Balaban J connectivity index is 2.67. The largest absolute Gasteiger partial charge is 0.451 e. The number of carbonyl (C=O) groups excluding carboxylic acids is 3. The molecular formula is C15H19ClFN3O4S. The summed E-state index contributed by atoms with van der Waals surface area (Å²) in [7, 11) is 0. The molecule has 0 bridgehead atoms. The maximum Gasteiger partial charge on any atom is 0.329 e. The van der Waals surface area contributed by atoms with Crippen LogP contribution in [0.3, 0.4) is 0 Å². The monoisotopic (exact) mass is 391 g/mol. The van der Waals surface area contributed by atoms with Crippen molar-refractivity contribution in [1.29, 1.82) is 0 Å². The number of carbonyl (C=O) groups is 3. The molecular weight excluding hydrogens is 373 g/mol. The predicted molar refractivity (Wildman–Crippen MR) is 95.1 cm³/mol. The molecule has 4 N–H and O–H groups in total. The Kier molecular flexibility index (Phi) is 8.50. The second-order valence-electron chi connectivity index (χ2n) is 5.04. The number of amides is 3. The predicted octanol–water partition coefficient (Wildman–Crippen LogP) is 2.14. The van der Waals surface area contributed by atoms with Gasteiger partial charge in [-0.3, -0.25) is 4.79 Å². The van der Waals surface area contributed by atoms with Gasteiger partial charge in [-0.1, -0.05) is 11.6 Å². The Morgan fingerprint density at radius 2 is 2.08 bits per heavy atom. The molecule has 138 valence electrons. The van der Waals surface area contributed by atoms with Crippen LogP contribution in [0, 0.1) is 5.82 Å². The van der Waals surface area contributed by atoms with Gasteiger partial charge < -0.3 is 21.1 Å². The number of anilines is 1. The van der Waals surface area contributed by atoms with Gasteiger partial charge in [0.15, 0.2) is 6.10 Å². The molecule has 0 heterocycles. The van der Waals surface area contributed by atoms with E-state index in [2.05, 4.69) is 10.6 Å². The molecule has 0 spiro atoms. The van der Waals surface area contributed by atoms with Crippen LogP contribution in [0.15, 0.2) is 18.2 Å². The van der Waals surface area contributed by atoms with Gasteiger partial charge in [0.25, 0.3) is 5.91 Å². The quantitative estimate of drug-likeness (QED) is 0.588. The number of hydrogen-bond acceptors (Lipinski definition) is 5. The molecule has 0 aliphatic carbocycles. The lowest BCUT2D eigenvalue weighted by molar-refractivity contribution is -0.155. The van der Waals surface area contributed by atoms with Crippen LogP contribution in [-0.2, 0) is 14.3 Å². The van der Waals surface area contributed by atoms with E-state index in [1.165, 1.54) is 24.8 Å². The van der Waals surface area contributed by atoms with E-state index in [4.69, 9.17) is 22.1 Å². The Hall–Kier alpha value is -2.00. The van der Waals surface area contributed by atoms with Crippen LogP contribution in [0.5, 0.6) is 0 Å². The zero-order valence-electron chi connectivity index (χ0n) is 13.7. The summed E-state index contributed by atoms with van der Waals surface area (Å²) in [6.07, 6.45) is 0.996. The van der Waals surface area contributed by atoms with Crippen LogP contribution in [0.4, 0.5) is 14.9 Å². The van der Waals surface area contributed by atoms with Crippen LogP contribution in [0.2, 0.25) is 5.02 Å². The molecule has 0 aliphatic rings. The van der Waals surface area contributed by atoms with E-state index in [-0.39, 0.29) is 10.7 Å². The molecule has 0 saturated carbocycles. The minimum absolute atomic E-state index is 0.0140. The van der Waals surface area contributed by atoms with Gasteiger partial charge in [0, 0.05) is 0 Å². The summed E-state index contributed by atoms with van der Waals surface area (Å²) in [4.78, 5) is 35.2. The summed E-state index contributed by atoms with van der Waals surface area (Å²) >= 11 is 7.30. The Bertz CT molecular complexity index is 647. The summed E-state index contributed by atoms with van der Waals surface area (Å²) < 4.78 is 18.1. The molecule has 3 amide bonds. The van der Waals surface area contributed by atoms with E-state index >= 15 is 0 Å². The van der Waals surface area contributed by atoms with Crippen molar-refractivity contribution in [2.24, 2.45) is 5.73 Å². The van der Waals surface area contributed by atoms with E-state index in [0.717, 1.165) is 12.1 Å². The first-order valence-electron chi connectivity index (χ1n) is 7.26. The van der Waals surface area contributed by atoms with Crippen LogP contribution in [0.1, 0.15) is 13.3 Å². The molecule has 1 rings (SSSR count). The van der Waals surface area contributed by atoms with Gasteiger partial charge in [0.2, 0.25) is 0 Å². The third kappa shape index (κ3) is 7.18. The molecule has 1 aromatic carbocycles. The summed E-state index contributed by atoms with van der Waals surface area (Å²) in [5.41, 5.74) is 5.22. The van der Waals surface area contributed by atoms with E-state index in [1.54, 1.807) is 0 Å². The second-order valence-corrected chi connectivity index (χ2v) is 6.43. The molecule has 25 heavy (non-hydrogen) atoms. The zero-order chi connectivity index (χ0) is 19.0. The Morgan fingerprint density at radius 3 is 2.64 bits per heavy atom. The number of primary amides is 1. The minimum Gasteiger partial charge on any atom is -0.451 e. The topological polar surface area (TPSA) is 111 Å². The summed E-state index contributed by atoms with van der Waals surface area (Å²) in [5, 5.41) is 4.73. The molecule has 2 atom stereocenters. The summed E-state index contributed by atoms with van der Waals surface area (Å²) in [6, 6.07) is 1.66. The first-order valence-corrected chi connectivity index (χ1v) is 9.03. The third-order valence-corrected chi connectivity index (χ3v) is 4.02. The molecule has 0 fully saturated rings. The van der Waals surface area contributed by atoms with Gasteiger partial charge in [-0.25, -0.2) is 14.0 Å². The standard InChI is InChI=1S/C15H19ClFN3O4S/c1-8(13(21)19-11-4-3-9(17)7-10(11)16)24-14(22)12(5-6-25-2)20-15(18)23/h3-4,7-8,12H,5-6H2,1-2H3,(H,19,21)(H3,18,20,23)/t8-,12+/m1/s1. The highest BCUT2D eigenvalue weighted by atomic mass is 35.5. The molecule has 10 heteroatoms. The number of urea groups is 1. The van der Waals surface area contributed by atoms with Crippen LogP contribution >= 0.6 is 23.4 Å². The highest BCUT2D eigenvalue weighted by molar-refractivity contribution is 7.98. The number of ether oxygens (including phenoxy) is 1. The number of hydrogen-bond donors (Lipinski definition) is 3. The van der Waals surface area contributed by atoms with Crippen LogP contribution < -0.4 is 16.4 Å². The van der Waals surface area contributed by atoms with Crippen molar-refractivity contribution in [1.82, 2.24) is 5.32 Å². The molecule has 0 unspecified atom stereocenters. The van der Waals surface area contributed by atoms with Crippen molar-refractivity contribution in [3.05, 3.63) is 29.0 Å². The fraction of sp³-hybridized carbons (Fsp3) is 0.400. The smallest absolute Gasteiger partial charge is 0.329 e. The molecule has 7 nitrogen and oxygen atoms in total. The van der Waals surface area contributed by atoms with E-state index in [9.17, 15) is 18.8 Å². The van der Waals surface area contributed by atoms with Crippen LogP contribution in [-0.4, -0.2) is 42.1 Å². The molecule has 0 aliphatic heterocycles. The van der Waals surface area contributed by atoms with Crippen molar-refractivity contribution < 1.29 is 23.5 Å². The fourth-order valence-electron chi connectivity index (χ4n) is 1.79. The molecule has 1 aromatic rings. The van der Waals surface area contributed by atoms with Crippen molar-refractivity contribution in [3.63, 3.8) is 0 Å². The first-order chi connectivity index (χ1) is 11.7. The summed E-state index contributed by atoms with van der Waals surface area (Å²) in [5.74, 6) is -1.38. The second kappa shape index (κ2) is 10.1. The average molecular weight is 392 g/mol. The SMILES string of the molecule is CSCC[C@H](NC(N)=O)C(=O)O[C@H](C)C(=O)Nc1ccc(F)cc1Cl. The zero-order valence-corrected chi connectivity index (χ0v) is 15.2. The lowest BCUT2D eigenvalue weighted by Crippen LogP contribution is -2.46. The van der Waals surface area contributed by atoms with Crippen molar-refractivity contribution >= 4 is 47.0 Å². The van der Waals surface area contributed by atoms with Gasteiger partial charge in [-0.05, 0) is 43.6 Å². The van der Waals surface area contributed by atoms with Crippen molar-refractivity contribution in [2.45, 2.75) is 25.5 Å². The van der Waals surface area contributed by atoms with Gasteiger partial charge in [-0.15, -0.1) is 0 Å². The number of thioether (sulfide) groups is 1. The van der Waals surface area contributed by atoms with Gasteiger partial charge >= 0.3 is 12.0 Å². The van der Waals surface area contributed by atoms with E-state index in [0.29, 0.717) is 12.2 Å². The lowest BCUT2D eigenvalue weighted by atomic mass is 10.2. The number of halogens is 2. The number of rotatable bonds is 8. The Labute approximate surface area is 153 Å². The number of nitrogens with one attached hydrogen (secondary N) is 2. The minimum atomic E-state index is -1.15. The van der Waals surface area contributed by atoms with Crippen LogP contribution in [0.25, 0.3) is 0 Å². The average Bonchev–Trinajstić information content (AvgIpc) is 2.53. The van der Waals surface area contributed by atoms with Gasteiger partial charge in [-0.2, -0.15) is 11.8 Å². The van der Waals surface area contributed by atoms with Crippen molar-refractivity contribution in [2.75, 3.05) is 17.3 Å². The maximum absolute atomic E-state index is 13.0. The molecule has 0 radical (unpaired) electrons. The lowest BCUT2D eigenvalue weighted by Gasteiger charge is -2.19.